The molecule has 1 aliphatic heterocycles. The first-order valence-electron chi connectivity index (χ1n) is 9.51. The maximum Gasteiger partial charge on any atom is 0.411 e. The molecule has 11 heteroatoms. The number of ether oxygens (including phenoxy) is 1. The van der Waals surface area contributed by atoms with E-state index in [1.54, 1.807) is 42.2 Å². The van der Waals surface area contributed by atoms with Crippen molar-refractivity contribution in [3.05, 3.63) is 58.1 Å². The number of carbonyl (C=O) groups excluding carboxylic acids is 2. The molecule has 1 N–H and O–H groups in total. The molecule has 0 atom stereocenters. The summed E-state index contributed by atoms with van der Waals surface area (Å²) in [5, 5.41) is 2.66. The Labute approximate surface area is 190 Å². The van der Waals surface area contributed by atoms with Gasteiger partial charge < -0.3 is 9.64 Å². The molecule has 31 heavy (non-hydrogen) atoms. The van der Waals surface area contributed by atoms with Crippen LogP contribution in [0.2, 0.25) is 10.0 Å². The van der Waals surface area contributed by atoms with Crippen molar-refractivity contribution in [2.75, 3.05) is 38.1 Å². The van der Waals surface area contributed by atoms with Gasteiger partial charge in [-0.15, -0.1) is 0 Å². The maximum absolute atomic E-state index is 13.0. The number of nitrogens with zero attached hydrogens (tertiary/aromatic N) is 2. The lowest BCUT2D eigenvalue weighted by atomic mass is 10.1. The van der Waals surface area contributed by atoms with Gasteiger partial charge >= 0.3 is 6.09 Å². The highest BCUT2D eigenvalue weighted by atomic mass is 35.5. The van der Waals surface area contributed by atoms with Gasteiger partial charge in [-0.1, -0.05) is 35.3 Å². The summed E-state index contributed by atoms with van der Waals surface area (Å²) in [6, 6.07) is 11.0. The van der Waals surface area contributed by atoms with E-state index in [9.17, 15) is 18.0 Å². The third-order valence-electron chi connectivity index (χ3n) is 4.67. The summed E-state index contributed by atoms with van der Waals surface area (Å²) in [5.41, 5.74) is 0.804. The number of piperazine rings is 1. The van der Waals surface area contributed by atoms with Gasteiger partial charge in [0, 0.05) is 37.4 Å². The number of anilines is 1. The first-order chi connectivity index (χ1) is 14.7. The van der Waals surface area contributed by atoms with Crippen LogP contribution in [-0.4, -0.2) is 62.4 Å². The van der Waals surface area contributed by atoms with Gasteiger partial charge in [0.05, 0.1) is 16.7 Å². The Morgan fingerprint density at radius 3 is 2.26 bits per heavy atom. The van der Waals surface area contributed by atoms with Gasteiger partial charge in [-0.25, -0.2) is 13.2 Å². The summed E-state index contributed by atoms with van der Waals surface area (Å²) in [5.74, 6) is -0.264. The molecule has 0 saturated carbocycles. The van der Waals surface area contributed by atoms with Gasteiger partial charge in [0.1, 0.15) is 4.90 Å². The predicted molar refractivity (Wildman–Crippen MR) is 118 cm³/mol. The molecule has 0 bridgehead atoms. The average Bonchev–Trinajstić information content (AvgIpc) is 2.73. The van der Waals surface area contributed by atoms with E-state index in [0.29, 0.717) is 11.3 Å². The Bertz CT molecular complexity index is 1070. The second-order valence-electron chi connectivity index (χ2n) is 6.67. The van der Waals surface area contributed by atoms with Crippen molar-refractivity contribution in [2.45, 2.75) is 11.8 Å². The van der Waals surface area contributed by atoms with Crippen LogP contribution in [0.5, 0.6) is 0 Å². The summed E-state index contributed by atoms with van der Waals surface area (Å²) >= 11 is 12.1. The molecule has 8 nitrogen and oxygen atoms in total. The number of nitrogens with one attached hydrogen (secondary N) is 1. The zero-order valence-corrected chi connectivity index (χ0v) is 19.0. The van der Waals surface area contributed by atoms with Gasteiger partial charge in [-0.2, -0.15) is 4.31 Å². The number of benzene rings is 2. The Hall–Kier alpha value is -2.33. The van der Waals surface area contributed by atoms with E-state index in [0.717, 1.165) is 0 Å². The molecular formula is C20H21Cl2N3O5S. The molecule has 2 aromatic carbocycles. The molecule has 2 aromatic rings. The van der Waals surface area contributed by atoms with E-state index in [4.69, 9.17) is 27.9 Å². The third kappa shape index (κ3) is 5.30. The second kappa shape index (κ2) is 9.86. The molecule has 1 fully saturated rings. The van der Waals surface area contributed by atoms with Crippen LogP contribution >= 0.6 is 23.2 Å². The van der Waals surface area contributed by atoms with Crippen LogP contribution in [0.15, 0.2) is 47.4 Å². The minimum Gasteiger partial charge on any atom is -0.450 e. The van der Waals surface area contributed by atoms with Gasteiger partial charge in [0.2, 0.25) is 10.0 Å². The molecule has 1 aliphatic rings. The first kappa shape index (κ1) is 23.3. The molecule has 1 saturated heterocycles. The summed E-state index contributed by atoms with van der Waals surface area (Å²) in [7, 11) is -3.89. The van der Waals surface area contributed by atoms with E-state index in [1.165, 1.54) is 16.4 Å². The number of hydrogen-bond acceptors (Lipinski definition) is 5. The topological polar surface area (TPSA) is 96.0 Å². The van der Waals surface area contributed by atoms with E-state index < -0.39 is 16.1 Å². The fourth-order valence-electron chi connectivity index (χ4n) is 3.19. The summed E-state index contributed by atoms with van der Waals surface area (Å²) in [6.45, 7) is 2.55. The lowest BCUT2D eigenvalue weighted by Gasteiger charge is -2.34. The van der Waals surface area contributed by atoms with Crippen molar-refractivity contribution in [3.8, 4) is 0 Å². The highest BCUT2D eigenvalue weighted by molar-refractivity contribution is 7.89. The van der Waals surface area contributed by atoms with Crippen LogP contribution < -0.4 is 5.32 Å². The molecule has 0 spiro atoms. The minimum atomic E-state index is -3.89. The maximum atomic E-state index is 13.0. The Balaban J connectivity index is 1.68. The van der Waals surface area contributed by atoms with Crippen LogP contribution in [0.1, 0.15) is 17.3 Å². The number of rotatable bonds is 5. The number of carbonyl (C=O) groups is 2. The smallest absolute Gasteiger partial charge is 0.411 e. The van der Waals surface area contributed by atoms with E-state index in [2.05, 4.69) is 5.32 Å². The molecule has 0 unspecified atom stereocenters. The van der Waals surface area contributed by atoms with Crippen molar-refractivity contribution in [3.63, 3.8) is 0 Å². The molecule has 166 valence electrons. The lowest BCUT2D eigenvalue weighted by molar-refractivity contribution is 0.0698. The van der Waals surface area contributed by atoms with Crippen molar-refractivity contribution in [2.24, 2.45) is 0 Å². The van der Waals surface area contributed by atoms with Gasteiger partial charge in [0.25, 0.3) is 5.91 Å². The molecule has 3 rings (SSSR count). The quantitative estimate of drug-likeness (QED) is 0.695. The van der Waals surface area contributed by atoms with E-state index >= 15 is 0 Å². The lowest BCUT2D eigenvalue weighted by Crippen LogP contribution is -2.50. The summed E-state index contributed by atoms with van der Waals surface area (Å²) in [6.07, 6.45) is -0.607. The third-order valence-corrected chi connectivity index (χ3v) is 7.53. The van der Waals surface area contributed by atoms with Crippen molar-refractivity contribution < 1.29 is 22.7 Å². The highest BCUT2D eigenvalue weighted by Crippen LogP contribution is 2.32. The number of sulfonamides is 1. The molecule has 0 radical (unpaired) electrons. The van der Waals surface area contributed by atoms with Crippen LogP contribution in [0.4, 0.5) is 10.5 Å². The largest absolute Gasteiger partial charge is 0.450 e. The predicted octanol–water partition coefficient (Wildman–Crippen LogP) is 3.71. The summed E-state index contributed by atoms with van der Waals surface area (Å²) < 4.78 is 32.1. The van der Waals surface area contributed by atoms with Crippen LogP contribution in [0.25, 0.3) is 0 Å². The molecular weight excluding hydrogens is 465 g/mol. The van der Waals surface area contributed by atoms with Crippen molar-refractivity contribution in [1.29, 1.82) is 0 Å². The van der Waals surface area contributed by atoms with Crippen LogP contribution in [-0.2, 0) is 14.8 Å². The second-order valence-corrected chi connectivity index (χ2v) is 9.36. The van der Waals surface area contributed by atoms with E-state index in [-0.39, 0.29) is 53.6 Å². The SMILES string of the molecule is CCOC(=O)Nc1cccc(C(=O)N2CCN(S(=O)(=O)c3c(Cl)cccc3Cl)CC2)c1. The fraction of sp³-hybridized carbons (Fsp3) is 0.300. The van der Waals surface area contributed by atoms with Gasteiger partial charge in [0.15, 0.2) is 0 Å². The molecule has 0 aromatic heterocycles. The standard InChI is InChI=1S/C20H21Cl2N3O5S/c1-2-30-20(27)23-15-6-3-5-14(13-15)19(26)24-9-11-25(12-10-24)31(28,29)18-16(21)7-4-8-17(18)22/h3-8,13H,2,9-12H2,1H3,(H,23,27). The van der Waals surface area contributed by atoms with Gasteiger partial charge in [-0.3, -0.25) is 10.1 Å². The van der Waals surface area contributed by atoms with Gasteiger partial charge in [-0.05, 0) is 37.3 Å². The van der Waals surface area contributed by atoms with Crippen LogP contribution in [0, 0.1) is 0 Å². The first-order valence-corrected chi connectivity index (χ1v) is 11.7. The number of hydrogen-bond donors (Lipinski definition) is 1. The zero-order chi connectivity index (χ0) is 22.6. The molecule has 1 heterocycles. The van der Waals surface area contributed by atoms with Crippen molar-refractivity contribution in [1.82, 2.24) is 9.21 Å². The fourth-order valence-corrected chi connectivity index (χ4v) is 5.70. The Kier molecular flexibility index (Phi) is 7.42. The Morgan fingerprint density at radius 1 is 1.03 bits per heavy atom. The normalized spacial score (nSPS) is 14.9. The molecule has 0 aliphatic carbocycles. The van der Waals surface area contributed by atoms with Crippen molar-refractivity contribution >= 4 is 50.9 Å². The monoisotopic (exact) mass is 485 g/mol. The number of halogens is 2. The minimum absolute atomic E-state index is 0.0527. The Morgan fingerprint density at radius 2 is 1.65 bits per heavy atom. The zero-order valence-electron chi connectivity index (χ0n) is 16.7. The molecule has 2 amide bonds. The van der Waals surface area contributed by atoms with E-state index in [1.807, 2.05) is 0 Å². The van der Waals surface area contributed by atoms with Crippen LogP contribution in [0.3, 0.4) is 0 Å². The highest BCUT2D eigenvalue weighted by Gasteiger charge is 2.33. The number of amides is 2. The average molecular weight is 486 g/mol. The summed E-state index contributed by atoms with van der Waals surface area (Å²) in [4.78, 5) is 25.9.